The summed E-state index contributed by atoms with van der Waals surface area (Å²) in [7, 11) is -3.43. The second-order valence-corrected chi connectivity index (χ2v) is 9.23. The number of anilines is 2. The predicted octanol–water partition coefficient (Wildman–Crippen LogP) is 3.74. The van der Waals surface area contributed by atoms with Crippen LogP contribution < -0.4 is 9.03 Å². The van der Waals surface area contributed by atoms with Crippen LogP contribution >= 0.6 is 0 Å². The van der Waals surface area contributed by atoms with Crippen LogP contribution in [0, 0.1) is 0 Å². The minimum Gasteiger partial charge on any atom is -0.300 e. The number of likely N-dealkylation sites (tertiary alicyclic amines) is 1. The molecule has 1 saturated carbocycles. The minimum absolute atomic E-state index is 0.0750. The highest BCUT2D eigenvalue weighted by atomic mass is 32.2. The number of nitrogens with zero attached hydrogens (tertiary/aromatic N) is 2. The molecule has 5 nitrogen and oxygen atoms in total. The molecule has 3 aliphatic rings. The van der Waals surface area contributed by atoms with Crippen LogP contribution in [0.15, 0.2) is 24.3 Å². The fourth-order valence-corrected chi connectivity index (χ4v) is 6.32. The molecule has 1 aromatic rings. The summed E-state index contributed by atoms with van der Waals surface area (Å²) in [6.45, 7) is 2.03. The molecule has 0 aromatic heterocycles. The molecule has 1 saturated heterocycles. The Balaban J connectivity index is 1.43. The van der Waals surface area contributed by atoms with Gasteiger partial charge in [-0.15, -0.1) is 0 Å². The summed E-state index contributed by atoms with van der Waals surface area (Å²) in [5.41, 5.74) is 1.52. The van der Waals surface area contributed by atoms with Crippen molar-refractivity contribution in [3.8, 4) is 0 Å². The number of para-hydroxylation sites is 2. The second kappa shape index (κ2) is 7.16. The number of nitrogens with one attached hydrogen (secondary N) is 1. The summed E-state index contributed by atoms with van der Waals surface area (Å²) in [4.78, 5) is 2.63. The lowest BCUT2D eigenvalue weighted by Gasteiger charge is -2.40. The number of fused-ring (bicyclic) bond motifs is 1. The molecular weight excluding hydrogens is 334 g/mol. The van der Waals surface area contributed by atoms with Crippen LogP contribution in [0.3, 0.4) is 0 Å². The van der Waals surface area contributed by atoms with Crippen LogP contribution in [-0.4, -0.2) is 38.5 Å². The molecule has 0 radical (unpaired) electrons. The van der Waals surface area contributed by atoms with Crippen LogP contribution in [-0.2, 0) is 10.2 Å². The van der Waals surface area contributed by atoms with Crippen molar-refractivity contribution in [1.29, 1.82) is 0 Å². The maximum absolute atomic E-state index is 12.6. The lowest BCUT2D eigenvalue weighted by molar-refractivity contribution is 0.131. The zero-order valence-corrected chi connectivity index (χ0v) is 15.7. The molecule has 0 amide bonds. The van der Waals surface area contributed by atoms with Gasteiger partial charge < -0.3 is 4.90 Å². The smallest absolute Gasteiger partial charge is 0.300 e. The van der Waals surface area contributed by atoms with Crippen molar-refractivity contribution in [3.63, 3.8) is 0 Å². The van der Waals surface area contributed by atoms with E-state index >= 15 is 0 Å². The van der Waals surface area contributed by atoms with E-state index in [1.54, 1.807) is 4.31 Å². The maximum atomic E-state index is 12.6. The van der Waals surface area contributed by atoms with Crippen molar-refractivity contribution in [2.45, 2.75) is 69.9 Å². The van der Waals surface area contributed by atoms with E-state index in [0.29, 0.717) is 11.7 Å². The van der Waals surface area contributed by atoms with Gasteiger partial charge in [-0.1, -0.05) is 44.2 Å². The number of benzene rings is 1. The quantitative estimate of drug-likeness (QED) is 0.871. The van der Waals surface area contributed by atoms with E-state index in [0.717, 1.165) is 31.6 Å². The van der Waals surface area contributed by atoms with Crippen molar-refractivity contribution in [2.24, 2.45) is 0 Å². The van der Waals surface area contributed by atoms with Gasteiger partial charge in [-0.3, -0.25) is 4.72 Å². The van der Waals surface area contributed by atoms with Gasteiger partial charge in [0.1, 0.15) is 0 Å². The lowest BCUT2D eigenvalue weighted by atomic mass is 9.93. The molecule has 1 N–H and O–H groups in total. The molecule has 2 fully saturated rings. The molecule has 25 heavy (non-hydrogen) atoms. The predicted molar refractivity (Wildman–Crippen MR) is 102 cm³/mol. The standard InChI is InChI=1S/C19H29N3O2S/c23-25(24)20-18-10-6-7-11-19(18)22(25)17-12-14-21(15-13-17)16-8-4-2-1-3-5-9-16/h6-7,10-11,16-17,20H,1-5,8-9,12-15H2. The van der Waals surface area contributed by atoms with Gasteiger partial charge in [-0.2, -0.15) is 8.42 Å². The molecule has 0 unspecified atom stereocenters. The third-order valence-corrected chi connectivity index (χ3v) is 7.55. The van der Waals surface area contributed by atoms with Gasteiger partial charge in [0.2, 0.25) is 0 Å². The van der Waals surface area contributed by atoms with Gasteiger partial charge in [0.05, 0.1) is 11.4 Å². The van der Waals surface area contributed by atoms with Gasteiger partial charge in [0.25, 0.3) is 0 Å². The topological polar surface area (TPSA) is 52.7 Å². The van der Waals surface area contributed by atoms with E-state index in [9.17, 15) is 8.42 Å². The summed E-state index contributed by atoms with van der Waals surface area (Å²) in [6, 6.07) is 8.33. The molecule has 2 heterocycles. The second-order valence-electron chi connectivity index (χ2n) is 7.69. The number of hydrogen-bond donors (Lipinski definition) is 1. The molecule has 1 aliphatic carbocycles. The highest BCUT2D eigenvalue weighted by Gasteiger charge is 2.39. The average molecular weight is 364 g/mol. The van der Waals surface area contributed by atoms with Crippen molar-refractivity contribution < 1.29 is 8.42 Å². The third-order valence-electron chi connectivity index (χ3n) is 6.06. The summed E-state index contributed by atoms with van der Waals surface area (Å²) in [6.07, 6.45) is 11.3. The summed E-state index contributed by atoms with van der Waals surface area (Å²) >= 11 is 0. The van der Waals surface area contributed by atoms with Crippen LogP contribution in [0.25, 0.3) is 0 Å². The fraction of sp³-hybridized carbons (Fsp3) is 0.684. The van der Waals surface area contributed by atoms with Gasteiger partial charge in [0, 0.05) is 25.2 Å². The average Bonchev–Trinajstić information content (AvgIpc) is 2.84. The van der Waals surface area contributed by atoms with E-state index < -0.39 is 10.2 Å². The van der Waals surface area contributed by atoms with Crippen molar-refractivity contribution in [2.75, 3.05) is 22.1 Å². The molecule has 1 aromatic carbocycles. The zero-order valence-electron chi connectivity index (χ0n) is 14.9. The molecule has 0 bridgehead atoms. The van der Waals surface area contributed by atoms with Crippen LogP contribution in [0.1, 0.15) is 57.8 Å². The van der Waals surface area contributed by atoms with Gasteiger partial charge in [-0.25, -0.2) is 4.31 Å². The third kappa shape index (κ3) is 3.51. The van der Waals surface area contributed by atoms with Crippen LogP contribution in [0.2, 0.25) is 0 Å². The first kappa shape index (κ1) is 17.2. The van der Waals surface area contributed by atoms with E-state index in [1.807, 2.05) is 24.3 Å². The molecule has 2 aliphatic heterocycles. The monoisotopic (exact) mass is 363 g/mol. The lowest BCUT2D eigenvalue weighted by Crippen LogP contribution is -2.49. The zero-order chi connectivity index (χ0) is 17.3. The fourth-order valence-electron chi connectivity index (χ4n) is 4.75. The van der Waals surface area contributed by atoms with E-state index in [2.05, 4.69) is 9.62 Å². The van der Waals surface area contributed by atoms with E-state index in [1.165, 1.54) is 44.9 Å². The van der Waals surface area contributed by atoms with Gasteiger partial charge in [0.15, 0.2) is 0 Å². The number of hydrogen-bond acceptors (Lipinski definition) is 3. The van der Waals surface area contributed by atoms with Crippen LogP contribution in [0.4, 0.5) is 11.4 Å². The van der Waals surface area contributed by atoms with E-state index in [4.69, 9.17) is 0 Å². The van der Waals surface area contributed by atoms with Crippen molar-refractivity contribution in [1.82, 2.24) is 4.90 Å². The SMILES string of the molecule is O=S1(=O)Nc2ccccc2N1C1CCN(C2CCCCCCC2)CC1. The number of rotatable bonds is 2. The van der Waals surface area contributed by atoms with Crippen molar-refractivity contribution >= 4 is 21.6 Å². The molecule has 4 rings (SSSR count). The first-order valence-corrected chi connectivity index (χ1v) is 11.2. The Morgan fingerprint density at radius 1 is 0.840 bits per heavy atom. The molecule has 0 spiro atoms. The summed E-state index contributed by atoms with van der Waals surface area (Å²) in [5.74, 6) is 0. The van der Waals surface area contributed by atoms with Crippen LogP contribution in [0.5, 0.6) is 0 Å². The summed E-state index contributed by atoms with van der Waals surface area (Å²) < 4.78 is 29.5. The van der Waals surface area contributed by atoms with Crippen molar-refractivity contribution in [3.05, 3.63) is 24.3 Å². The first-order valence-electron chi connectivity index (χ1n) is 9.80. The van der Waals surface area contributed by atoms with E-state index in [-0.39, 0.29) is 6.04 Å². The number of piperidine rings is 1. The Morgan fingerprint density at radius 2 is 1.48 bits per heavy atom. The molecule has 0 atom stereocenters. The summed E-state index contributed by atoms with van der Waals surface area (Å²) in [5, 5.41) is 0. The molecular formula is C19H29N3O2S. The Hall–Kier alpha value is -1.27. The Morgan fingerprint density at radius 3 is 2.20 bits per heavy atom. The Bertz CT molecular complexity index is 690. The van der Waals surface area contributed by atoms with Gasteiger partial charge >= 0.3 is 10.2 Å². The minimum atomic E-state index is -3.43. The normalized spacial score (nSPS) is 25.8. The molecule has 6 heteroatoms. The Kier molecular flexibility index (Phi) is 4.91. The highest BCUT2D eigenvalue weighted by molar-refractivity contribution is 7.94. The maximum Gasteiger partial charge on any atom is 0.324 e. The van der Waals surface area contributed by atoms with Gasteiger partial charge in [-0.05, 0) is 37.8 Å². The molecule has 138 valence electrons. The highest BCUT2D eigenvalue weighted by Crippen LogP contribution is 2.39. The Labute approximate surface area is 151 Å². The first-order chi connectivity index (χ1) is 12.1. The largest absolute Gasteiger partial charge is 0.324 e.